The molecule has 5 heteroatoms. The van der Waals surface area contributed by atoms with Crippen molar-refractivity contribution in [3.63, 3.8) is 0 Å². The van der Waals surface area contributed by atoms with Gasteiger partial charge in [0, 0.05) is 51.8 Å². The molecule has 1 amide bonds. The number of nitrogens with zero attached hydrogens (tertiary/aromatic N) is 2. The van der Waals surface area contributed by atoms with Crippen LogP contribution >= 0.6 is 0 Å². The van der Waals surface area contributed by atoms with Crippen LogP contribution in [0.4, 0.5) is 0 Å². The average molecular weight is 257 g/mol. The quantitative estimate of drug-likeness (QED) is 0.696. The minimum atomic E-state index is 0.143. The number of hydrogen-bond donors (Lipinski definition) is 2. The van der Waals surface area contributed by atoms with Crippen molar-refractivity contribution in [2.45, 2.75) is 32.7 Å². The second kappa shape index (κ2) is 7.71. The summed E-state index contributed by atoms with van der Waals surface area (Å²) < 4.78 is 0. The molecule has 1 aliphatic heterocycles. The molecule has 1 heterocycles. The molecule has 0 aromatic rings. The monoisotopic (exact) mass is 257 g/mol. The van der Waals surface area contributed by atoms with E-state index in [0.29, 0.717) is 18.9 Å². The van der Waals surface area contributed by atoms with Gasteiger partial charge >= 0.3 is 0 Å². The maximum atomic E-state index is 11.8. The third kappa shape index (κ3) is 4.55. The summed E-state index contributed by atoms with van der Waals surface area (Å²) in [6.45, 7) is 8.43. The maximum absolute atomic E-state index is 11.8. The number of amides is 1. The molecule has 0 bridgehead atoms. The van der Waals surface area contributed by atoms with Crippen molar-refractivity contribution in [1.29, 1.82) is 0 Å². The molecule has 0 aromatic heterocycles. The molecule has 1 rings (SSSR count). The Morgan fingerprint density at radius 2 is 2.17 bits per heavy atom. The summed E-state index contributed by atoms with van der Waals surface area (Å²) in [6, 6.07) is 0.285. The van der Waals surface area contributed by atoms with E-state index in [2.05, 4.69) is 18.7 Å². The fourth-order valence-electron chi connectivity index (χ4n) is 2.53. The van der Waals surface area contributed by atoms with Crippen molar-refractivity contribution >= 4 is 5.91 Å². The number of carbonyl (C=O) groups excluding carboxylic acids is 1. The predicted octanol–water partition coefficient (Wildman–Crippen LogP) is -0.114. The van der Waals surface area contributed by atoms with Crippen LogP contribution in [0.5, 0.6) is 0 Å². The van der Waals surface area contributed by atoms with E-state index in [1.807, 2.05) is 4.90 Å². The standard InChI is InChI=1S/C13H27N3O2/c1-11(2)9-15-6-7-16(13(18)3-5-14)10-12(15)4-8-17/h11-12,17H,3-10,14H2,1-2H3. The lowest BCUT2D eigenvalue weighted by Crippen LogP contribution is -2.55. The van der Waals surface area contributed by atoms with Gasteiger partial charge in [0.1, 0.15) is 0 Å². The van der Waals surface area contributed by atoms with Crippen LogP contribution in [0, 0.1) is 5.92 Å². The Balaban J connectivity index is 2.55. The van der Waals surface area contributed by atoms with Gasteiger partial charge in [0.25, 0.3) is 0 Å². The Morgan fingerprint density at radius 1 is 1.44 bits per heavy atom. The zero-order valence-corrected chi connectivity index (χ0v) is 11.6. The lowest BCUT2D eigenvalue weighted by Gasteiger charge is -2.42. The lowest BCUT2D eigenvalue weighted by atomic mass is 10.1. The van der Waals surface area contributed by atoms with Crippen molar-refractivity contribution < 1.29 is 9.90 Å². The van der Waals surface area contributed by atoms with Crippen molar-refractivity contribution in [3.8, 4) is 0 Å². The summed E-state index contributed by atoms with van der Waals surface area (Å²) >= 11 is 0. The highest BCUT2D eigenvalue weighted by atomic mass is 16.3. The minimum Gasteiger partial charge on any atom is -0.396 e. The smallest absolute Gasteiger partial charge is 0.223 e. The summed E-state index contributed by atoms with van der Waals surface area (Å²) in [5, 5.41) is 9.15. The number of nitrogens with two attached hydrogens (primary N) is 1. The largest absolute Gasteiger partial charge is 0.396 e. The van der Waals surface area contributed by atoms with E-state index >= 15 is 0 Å². The van der Waals surface area contributed by atoms with Gasteiger partial charge in [-0.2, -0.15) is 0 Å². The van der Waals surface area contributed by atoms with E-state index in [9.17, 15) is 4.79 Å². The van der Waals surface area contributed by atoms with Crippen LogP contribution < -0.4 is 5.73 Å². The molecule has 18 heavy (non-hydrogen) atoms. The zero-order valence-electron chi connectivity index (χ0n) is 11.6. The first-order valence-electron chi connectivity index (χ1n) is 6.91. The summed E-state index contributed by atoms with van der Waals surface area (Å²) in [6.07, 6.45) is 1.16. The Bertz CT molecular complexity index is 259. The summed E-state index contributed by atoms with van der Waals surface area (Å²) in [7, 11) is 0. The van der Waals surface area contributed by atoms with Crippen LogP contribution in [0.2, 0.25) is 0 Å². The maximum Gasteiger partial charge on any atom is 0.223 e. The first-order chi connectivity index (χ1) is 8.58. The van der Waals surface area contributed by atoms with Crippen LogP contribution in [-0.4, -0.2) is 66.2 Å². The van der Waals surface area contributed by atoms with Crippen LogP contribution in [0.3, 0.4) is 0 Å². The highest BCUT2D eigenvalue weighted by Crippen LogP contribution is 2.15. The highest BCUT2D eigenvalue weighted by molar-refractivity contribution is 5.76. The van der Waals surface area contributed by atoms with E-state index in [-0.39, 0.29) is 18.6 Å². The van der Waals surface area contributed by atoms with Gasteiger partial charge in [0.2, 0.25) is 5.91 Å². The fourth-order valence-corrected chi connectivity index (χ4v) is 2.53. The van der Waals surface area contributed by atoms with Gasteiger partial charge in [-0.1, -0.05) is 13.8 Å². The number of hydrogen-bond acceptors (Lipinski definition) is 4. The molecule has 106 valence electrons. The van der Waals surface area contributed by atoms with Gasteiger partial charge in [0.05, 0.1) is 0 Å². The molecular weight excluding hydrogens is 230 g/mol. The van der Waals surface area contributed by atoms with E-state index in [1.165, 1.54) is 0 Å². The first-order valence-corrected chi connectivity index (χ1v) is 6.91. The molecule has 0 aliphatic carbocycles. The SMILES string of the molecule is CC(C)CN1CCN(C(=O)CCN)CC1CCO. The van der Waals surface area contributed by atoms with Crippen molar-refractivity contribution in [3.05, 3.63) is 0 Å². The highest BCUT2D eigenvalue weighted by Gasteiger charge is 2.28. The molecule has 1 unspecified atom stereocenters. The van der Waals surface area contributed by atoms with Gasteiger partial charge in [-0.3, -0.25) is 9.69 Å². The number of rotatable bonds is 6. The molecule has 3 N–H and O–H groups in total. The number of piperazine rings is 1. The Labute approximate surface area is 110 Å². The van der Waals surface area contributed by atoms with E-state index in [4.69, 9.17) is 10.8 Å². The second-order valence-corrected chi connectivity index (χ2v) is 5.43. The number of aliphatic hydroxyl groups is 1. The predicted molar refractivity (Wildman–Crippen MR) is 72.2 cm³/mol. The molecule has 1 saturated heterocycles. The molecular formula is C13H27N3O2. The Morgan fingerprint density at radius 3 is 2.72 bits per heavy atom. The van der Waals surface area contributed by atoms with E-state index < -0.39 is 0 Å². The van der Waals surface area contributed by atoms with Crippen LogP contribution in [0.15, 0.2) is 0 Å². The number of carbonyl (C=O) groups is 1. The van der Waals surface area contributed by atoms with Crippen LogP contribution in [-0.2, 0) is 4.79 Å². The number of aliphatic hydroxyl groups excluding tert-OH is 1. The third-order valence-electron chi connectivity index (χ3n) is 3.38. The topological polar surface area (TPSA) is 69.8 Å². The molecule has 0 aromatic carbocycles. The molecule has 0 radical (unpaired) electrons. The lowest BCUT2D eigenvalue weighted by molar-refractivity contribution is -0.134. The zero-order chi connectivity index (χ0) is 13.5. The van der Waals surface area contributed by atoms with E-state index in [1.54, 1.807) is 0 Å². The summed E-state index contributed by atoms with van der Waals surface area (Å²) in [5.41, 5.74) is 5.42. The Hall–Kier alpha value is -0.650. The molecule has 0 saturated carbocycles. The van der Waals surface area contributed by atoms with Gasteiger partial charge in [-0.05, 0) is 12.3 Å². The molecule has 1 aliphatic rings. The Kier molecular flexibility index (Phi) is 6.60. The van der Waals surface area contributed by atoms with Gasteiger partial charge in [-0.15, -0.1) is 0 Å². The van der Waals surface area contributed by atoms with Crippen LogP contribution in [0.1, 0.15) is 26.7 Å². The minimum absolute atomic E-state index is 0.143. The van der Waals surface area contributed by atoms with E-state index in [0.717, 1.165) is 32.6 Å². The van der Waals surface area contributed by atoms with Gasteiger partial charge in [0.15, 0.2) is 0 Å². The van der Waals surface area contributed by atoms with Crippen molar-refractivity contribution in [2.75, 3.05) is 39.3 Å². The van der Waals surface area contributed by atoms with Crippen molar-refractivity contribution in [2.24, 2.45) is 11.7 Å². The normalized spacial score (nSPS) is 21.6. The average Bonchev–Trinajstić information content (AvgIpc) is 2.31. The fraction of sp³-hybridized carbons (Fsp3) is 0.923. The van der Waals surface area contributed by atoms with Gasteiger partial charge < -0.3 is 15.7 Å². The molecule has 1 fully saturated rings. The second-order valence-electron chi connectivity index (χ2n) is 5.43. The molecule has 1 atom stereocenters. The third-order valence-corrected chi connectivity index (χ3v) is 3.38. The van der Waals surface area contributed by atoms with Crippen molar-refractivity contribution in [1.82, 2.24) is 9.80 Å². The van der Waals surface area contributed by atoms with Gasteiger partial charge in [-0.25, -0.2) is 0 Å². The first kappa shape index (κ1) is 15.4. The van der Waals surface area contributed by atoms with Crippen LogP contribution in [0.25, 0.3) is 0 Å². The summed E-state index contributed by atoms with van der Waals surface area (Å²) in [4.78, 5) is 16.1. The molecule has 5 nitrogen and oxygen atoms in total. The molecule has 0 spiro atoms. The summed E-state index contributed by atoms with van der Waals surface area (Å²) in [5.74, 6) is 0.752.